The Morgan fingerprint density at radius 1 is 1.62 bits per heavy atom. The maximum absolute atomic E-state index is 5.56. The number of nitrogens with zero attached hydrogens (tertiary/aromatic N) is 3. The highest BCUT2D eigenvalue weighted by molar-refractivity contribution is 7.07. The van der Waals surface area contributed by atoms with Crippen LogP contribution in [0.4, 0.5) is 5.95 Å². The second kappa shape index (κ2) is 3.18. The summed E-state index contributed by atoms with van der Waals surface area (Å²) in [7, 11) is 1.79. The van der Waals surface area contributed by atoms with Crippen molar-refractivity contribution in [3.05, 3.63) is 28.2 Å². The normalized spacial score (nSPS) is 10.5. The highest BCUT2D eigenvalue weighted by atomic mass is 32.1. The molecule has 0 radical (unpaired) electrons. The zero-order chi connectivity index (χ0) is 9.26. The Kier molecular flexibility index (Phi) is 2.02. The highest BCUT2D eigenvalue weighted by Gasteiger charge is 2.04. The van der Waals surface area contributed by atoms with Crippen LogP contribution < -0.4 is 5.73 Å². The molecular weight excluding hydrogens is 184 g/mol. The van der Waals surface area contributed by atoms with Gasteiger partial charge in [-0.3, -0.25) is 0 Å². The van der Waals surface area contributed by atoms with Crippen molar-refractivity contribution in [1.82, 2.24) is 14.8 Å². The lowest BCUT2D eigenvalue weighted by molar-refractivity contribution is 0.759. The number of nitrogen functional groups attached to an aromatic ring is 1. The van der Waals surface area contributed by atoms with Gasteiger partial charge in [0.1, 0.15) is 0 Å². The Morgan fingerprint density at radius 2 is 2.46 bits per heavy atom. The van der Waals surface area contributed by atoms with Gasteiger partial charge in [0.05, 0.1) is 0 Å². The number of hydrogen-bond acceptors (Lipinski definition) is 4. The van der Waals surface area contributed by atoms with Crippen LogP contribution in [0.5, 0.6) is 0 Å². The summed E-state index contributed by atoms with van der Waals surface area (Å²) < 4.78 is 1.59. The van der Waals surface area contributed by atoms with E-state index in [1.165, 1.54) is 5.56 Å². The number of rotatable bonds is 2. The number of aryl methyl sites for hydroxylation is 1. The van der Waals surface area contributed by atoms with Crippen LogP contribution in [0.15, 0.2) is 16.8 Å². The molecule has 0 saturated carbocycles. The van der Waals surface area contributed by atoms with Gasteiger partial charge in [0.2, 0.25) is 5.95 Å². The number of thiophene rings is 1. The van der Waals surface area contributed by atoms with Gasteiger partial charge in [0.25, 0.3) is 0 Å². The first-order valence-corrected chi connectivity index (χ1v) is 4.86. The van der Waals surface area contributed by atoms with Crippen molar-refractivity contribution < 1.29 is 0 Å². The predicted octanol–water partition coefficient (Wildman–Crippen LogP) is 1.05. The maximum atomic E-state index is 5.56. The van der Waals surface area contributed by atoms with Gasteiger partial charge in [-0.2, -0.15) is 21.4 Å². The number of aromatic nitrogens is 3. The van der Waals surface area contributed by atoms with E-state index in [1.54, 1.807) is 23.1 Å². The topological polar surface area (TPSA) is 56.7 Å². The minimum Gasteiger partial charge on any atom is -0.368 e. The second-order valence-electron chi connectivity index (χ2n) is 2.82. The quantitative estimate of drug-likeness (QED) is 0.777. The van der Waals surface area contributed by atoms with Gasteiger partial charge in [-0.1, -0.05) is 0 Å². The van der Waals surface area contributed by atoms with E-state index in [-0.39, 0.29) is 0 Å². The Balaban J connectivity index is 2.19. The van der Waals surface area contributed by atoms with Gasteiger partial charge in [-0.25, -0.2) is 4.68 Å². The highest BCUT2D eigenvalue weighted by Crippen LogP contribution is 2.10. The fourth-order valence-electron chi connectivity index (χ4n) is 1.10. The first-order chi connectivity index (χ1) is 6.25. The van der Waals surface area contributed by atoms with E-state index in [9.17, 15) is 0 Å². The Bertz CT molecular complexity index is 371. The molecule has 0 atom stereocenters. The molecule has 2 aromatic rings. The molecule has 0 saturated heterocycles. The summed E-state index contributed by atoms with van der Waals surface area (Å²) in [6.45, 7) is 0. The van der Waals surface area contributed by atoms with Crippen molar-refractivity contribution in [2.45, 2.75) is 6.42 Å². The zero-order valence-electron chi connectivity index (χ0n) is 7.27. The van der Waals surface area contributed by atoms with Crippen LogP contribution in [0.25, 0.3) is 0 Å². The van der Waals surface area contributed by atoms with Crippen molar-refractivity contribution >= 4 is 17.3 Å². The standard InChI is InChI=1S/C8H10N4S/c1-12-8(9)10-7(11-12)4-6-2-3-13-5-6/h2-3,5H,4H2,1H3,(H2,9,10,11). The fraction of sp³-hybridized carbons (Fsp3) is 0.250. The Labute approximate surface area is 80.0 Å². The van der Waals surface area contributed by atoms with E-state index in [0.29, 0.717) is 5.95 Å². The van der Waals surface area contributed by atoms with Gasteiger partial charge in [0.15, 0.2) is 5.82 Å². The first-order valence-electron chi connectivity index (χ1n) is 3.92. The molecule has 4 nitrogen and oxygen atoms in total. The van der Waals surface area contributed by atoms with Crippen molar-refractivity contribution in [3.8, 4) is 0 Å². The molecule has 2 N–H and O–H groups in total. The molecule has 0 unspecified atom stereocenters. The van der Waals surface area contributed by atoms with Crippen LogP contribution in [0.3, 0.4) is 0 Å². The molecule has 2 aromatic heterocycles. The smallest absolute Gasteiger partial charge is 0.218 e. The van der Waals surface area contributed by atoms with Crippen LogP contribution in [0, 0.1) is 0 Å². The lowest BCUT2D eigenvalue weighted by atomic mass is 10.2. The molecule has 0 fully saturated rings. The molecule has 5 heteroatoms. The summed E-state index contributed by atoms with van der Waals surface area (Å²) in [5.41, 5.74) is 6.79. The van der Waals surface area contributed by atoms with Crippen LogP contribution in [0.2, 0.25) is 0 Å². The number of anilines is 1. The van der Waals surface area contributed by atoms with Crippen LogP contribution >= 0.6 is 11.3 Å². The van der Waals surface area contributed by atoms with Crippen molar-refractivity contribution in [2.24, 2.45) is 7.05 Å². The van der Waals surface area contributed by atoms with E-state index in [2.05, 4.69) is 21.5 Å². The first kappa shape index (κ1) is 8.25. The molecule has 0 aliphatic heterocycles. The van der Waals surface area contributed by atoms with Gasteiger partial charge in [-0.05, 0) is 22.4 Å². The molecule has 0 spiro atoms. The van der Waals surface area contributed by atoms with Crippen LogP contribution in [0.1, 0.15) is 11.4 Å². The Hall–Kier alpha value is -1.36. The lowest BCUT2D eigenvalue weighted by Gasteiger charge is -1.88. The van der Waals surface area contributed by atoms with Crippen molar-refractivity contribution in [2.75, 3.05) is 5.73 Å². The summed E-state index contributed by atoms with van der Waals surface area (Å²) in [5.74, 6) is 1.24. The third-order valence-corrected chi connectivity index (χ3v) is 2.51. The molecule has 0 aromatic carbocycles. The summed E-state index contributed by atoms with van der Waals surface area (Å²) in [6.07, 6.45) is 0.758. The average Bonchev–Trinajstić information content (AvgIpc) is 2.64. The van der Waals surface area contributed by atoms with E-state index >= 15 is 0 Å². The van der Waals surface area contributed by atoms with Gasteiger partial charge < -0.3 is 5.73 Å². The van der Waals surface area contributed by atoms with Crippen LogP contribution in [-0.2, 0) is 13.5 Å². The maximum Gasteiger partial charge on any atom is 0.218 e. The third kappa shape index (κ3) is 1.70. The SMILES string of the molecule is Cn1nc(Cc2ccsc2)nc1N. The minimum absolute atomic E-state index is 0.463. The fourth-order valence-corrected chi connectivity index (χ4v) is 1.77. The van der Waals surface area contributed by atoms with Crippen molar-refractivity contribution in [3.63, 3.8) is 0 Å². The lowest BCUT2D eigenvalue weighted by Crippen LogP contribution is -1.97. The third-order valence-electron chi connectivity index (χ3n) is 1.78. The molecule has 68 valence electrons. The zero-order valence-corrected chi connectivity index (χ0v) is 8.08. The molecular formula is C8H10N4S. The summed E-state index contributed by atoms with van der Waals surface area (Å²) in [4.78, 5) is 4.12. The summed E-state index contributed by atoms with van der Waals surface area (Å²) in [5, 5.41) is 8.30. The van der Waals surface area contributed by atoms with Crippen LogP contribution in [-0.4, -0.2) is 14.8 Å². The minimum atomic E-state index is 0.463. The number of nitrogens with two attached hydrogens (primary N) is 1. The van der Waals surface area contributed by atoms with E-state index in [1.807, 2.05) is 5.38 Å². The van der Waals surface area contributed by atoms with Gasteiger partial charge in [0, 0.05) is 13.5 Å². The summed E-state index contributed by atoms with van der Waals surface area (Å²) >= 11 is 1.68. The molecule has 2 heterocycles. The largest absolute Gasteiger partial charge is 0.368 e. The summed E-state index contributed by atoms with van der Waals surface area (Å²) in [6, 6.07) is 2.07. The molecule has 0 amide bonds. The number of hydrogen-bond donors (Lipinski definition) is 1. The molecule has 13 heavy (non-hydrogen) atoms. The molecule has 2 rings (SSSR count). The van der Waals surface area contributed by atoms with E-state index in [4.69, 9.17) is 5.73 Å². The average molecular weight is 194 g/mol. The molecule has 0 bridgehead atoms. The van der Waals surface area contributed by atoms with E-state index in [0.717, 1.165) is 12.2 Å². The second-order valence-corrected chi connectivity index (χ2v) is 3.60. The van der Waals surface area contributed by atoms with Gasteiger partial charge >= 0.3 is 0 Å². The Morgan fingerprint density at radius 3 is 3.00 bits per heavy atom. The van der Waals surface area contributed by atoms with Gasteiger partial charge in [-0.15, -0.1) is 0 Å². The van der Waals surface area contributed by atoms with E-state index < -0.39 is 0 Å². The molecule has 0 aliphatic carbocycles. The predicted molar refractivity (Wildman–Crippen MR) is 52.5 cm³/mol. The molecule has 0 aliphatic rings. The monoisotopic (exact) mass is 194 g/mol. The van der Waals surface area contributed by atoms with Crippen molar-refractivity contribution in [1.29, 1.82) is 0 Å².